The number of piperidine rings is 3. The number of rotatable bonds is 2. The van der Waals surface area contributed by atoms with Crippen molar-refractivity contribution >= 4 is 18.5 Å². The van der Waals surface area contributed by atoms with Crippen LogP contribution in [0.3, 0.4) is 0 Å². The SMILES string of the molecule is COc1ccc(/C=C2/C(O)C3CCN2CC3)cc1.Cl. The van der Waals surface area contributed by atoms with Crippen LogP contribution >= 0.6 is 12.4 Å². The van der Waals surface area contributed by atoms with Crippen LogP contribution in [0.25, 0.3) is 6.08 Å². The van der Waals surface area contributed by atoms with Gasteiger partial charge in [0.1, 0.15) is 5.75 Å². The molecule has 4 rings (SSSR count). The van der Waals surface area contributed by atoms with Crippen LogP contribution in [0.15, 0.2) is 30.0 Å². The lowest BCUT2D eigenvalue weighted by Crippen LogP contribution is -2.48. The van der Waals surface area contributed by atoms with E-state index in [4.69, 9.17) is 4.74 Å². The van der Waals surface area contributed by atoms with E-state index in [1.54, 1.807) is 7.11 Å². The topological polar surface area (TPSA) is 32.7 Å². The minimum Gasteiger partial charge on any atom is -0.497 e. The van der Waals surface area contributed by atoms with Gasteiger partial charge >= 0.3 is 0 Å². The van der Waals surface area contributed by atoms with E-state index < -0.39 is 0 Å². The monoisotopic (exact) mass is 281 g/mol. The summed E-state index contributed by atoms with van der Waals surface area (Å²) in [6.07, 6.45) is 4.08. The van der Waals surface area contributed by atoms with Crippen molar-refractivity contribution in [3.63, 3.8) is 0 Å². The fraction of sp³-hybridized carbons (Fsp3) is 0.467. The van der Waals surface area contributed by atoms with Crippen LogP contribution in [0.1, 0.15) is 18.4 Å². The number of aliphatic hydroxyl groups is 1. The van der Waals surface area contributed by atoms with Gasteiger partial charge < -0.3 is 14.7 Å². The lowest BCUT2D eigenvalue weighted by atomic mass is 9.83. The summed E-state index contributed by atoms with van der Waals surface area (Å²) in [7, 11) is 1.67. The summed E-state index contributed by atoms with van der Waals surface area (Å²) in [5, 5.41) is 10.3. The molecule has 1 N–H and O–H groups in total. The average Bonchev–Trinajstić information content (AvgIpc) is 2.44. The molecule has 3 aliphatic rings. The third-order valence-electron chi connectivity index (χ3n) is 4.08. The molecule has 0 aromatic heterocycles. The number of benzene rings is 1. The summed E-state index contributed by atoms with van der Waals surface area (Å²) >= 11 is 0. The fourth-order valence-electron chi connectivity index (χ4n) is 2.95. The number of hydrogen-bond donors (Lipinski definition) is 1. The Kier molecular flexibility index (Phi) is 4.38. The van der Waals surface area contributed by atoms with Gasteiger partial charge in [-0.15, -0.1) is 12.4 Å². The molecular weight excluding hydrogens is 262 g/mol. The van der Waals surface area contributed by atoms with Gasteiger partial charge in [-0.25, -0.2) is 0 Å². The molecule has 3 saturated heterocycles. The smallest absolute Gasteiger partial charge is 0.118 e. The second kappa shape index (κ2) is 5.85. The maximum Gasteiger partial charge on any atom is 0.118 e. The molecule has 19 heavy (non-hydrogen) atoms. The van der Waals surface area contributed by atoms with Crippen molar-refractivity contribution in [2.75, 3.05) is 20.2 Å². The normalized spacial score (nSPS) is 27.3. The standard InChI is InChI=1S/C15H19NO2.ClH/c1-18-13-4-2-11(3-5-13)10-14-15(17)12-6-8-16(14)9-7-12;/h2-5,10,12,15,17H,6-9H2,1H3;1H/b14-10-;. The van der Waals surface area contributed by atoms with Gasteiger partial charge in [0.25, 0.3) is 0 Å². The Hall–Kier alpha value is -1.19. The Labute approximate surface area is 120 Å². The van der Waals surface area contributed by atoms with Crippen LogP contribution in [0.5, 0.6) is 5.75 Å². The number of hydrogen-bond acceptors (Lipinski definition) is 3. The number of halogens is 1. The van der Waals surface area contributed by atoms with Gasteiger partial charge in [0, 0.05) is 18.8 Å². The van der Waals surface area contributed by atoms with Gasteiger partial charge in [-0.05, 0) is 42.5 Å². The maximum atomic E-state index is 10.3. The van der Waals surface area contributed by atoms with Crippen molar-refractivity contribution in [2.24, 2.45) is 5.92 Å². The predicted molar refractivity (Wildman–Crippen MR) is 78.5 cm³/mol. The average molecular weight is 282 g/mol. The van der Waals surface area contributed by atoms with E-state index >= 15 is 0 Å². The van der Waals surface area contributed by atoms with Crippen LogP contribution in [0.4, 0.5) is 0 Å². The van der Waals surface area contributed by atoms with Crippen molar-refractivity contribution in [3.8, 4) is 5.75 Å². The second-order valence-electron chi connectivity index (χ2n) is 5.11. The highest BCUT2D eigenvalue weighted by Crippen LogP contribution is 2.35. The summed E-state index contributed by atoms with van der Waals surface area (Å²) in [6.45, 7) is 2.17. The molecule has 0 aliphatic carbocycles. The van der Waals surface area contributed by atoms with Gasteiger partial charge in [0.2, 0.25) is 0 Å². The van der Waals surface area contributed by atoms with E-state index in [2.05, 4.69) is 11.0 Å². The Bertz CT molecular complexity index is 446. The highest BCUT2D eigenvalue weighted by atomic mass is 35.5. The molecule has 3 aliphatic heterocycles. The van der Waals surface area contributed by atoms with E-state index in [-0.39, 0.29) is 18.5 Å². The molecule has 1 aromatic carbocycles. The lowest BCUT2D eigenvalue weighted by molar-refractivity contribution is 0.0215. The van der Waals surface area contributed by atoms with E-state index in [0.29, 0.717) is 5.92 Å². The molecule has 0 amide bonds. The highest BCUT2D eigenvalue weighted by Gasteiger charge is 2.36. The number of ether oxygens (including phenoxy) is 1. The number of fused-ring (bicyclic) bond motifs is 3. The van der Waals surface area contributed by atoms with E-state index in [9.17, 15) is 5.11 Å². The van der Waals surface area contributed by atoms with Gasteiger partial charge in [-0.2, -0.15) is 0 Å². The highest BCUT2D eigenvalue weighted by molar-refractivity contribution is 5.85. The third kappa shape index (κ3) is 2.72. The van der Waals surface area contributed by atoms with Crippen LogP contribution in [-0.4, -0.2) is 36.3 Å². The van der Waals surface area contributed by atoms with E-state index in [1.165, 1.54) is 0 Å². The molecule has 3 fully saturated rings. The van der Waals surface area contributed by atoms with Crippen molar-refractivity contribution in [3.05, 3.63) is 35.5 Å². The molecule has 0 radical (unpaired) electrons. The largest absolute Gasteiger partial charge is 0.497 e. The molecule has 1 unspecified atom stereocenters. The summed E-state index contributed by atoms with van der Waals surface area (Å²) in [4.78, 5) is 2.31. The van der Waals surface area contributed by atoms with Crippen molar-refractivity contribution < 1.29 is 9.84 Å². The molecule has 1 atom stereocenters. The first-order valence-electron chi connectivity index (χ1n) is 6.56. The van der Waals surface area contributed by atoms with Crippen molar-refractivity contribution in [1.82, 2.24) is 4.90 Å². The number of nitrogens with zero attached hydrogens (tertiary/aromatic N) is 1. The minimum atomic E-state index is -0.283. The Morgan fingerprint density at radius 1 is 1.21 bits per heavy atom. The Balaban J connectivity index is 0.00000133. The number of methoxy groups -OCH3 is 1. The zero-order valence-corrected chi connectivity index (χ0v) is 11.9. The molecule has 2 bridgehead atoms. The van der Waals surface area contributed by atoms with E-state index in [1.807, 2.05) is 24.3 Å². The first-order chi connectivity index (χ1) is 8.78. The Morgan fingerprint density at radius 2 is 1.84 bits per heavy atom. The lowest BCUT2D eigenvalue weighted by Gasteiger charge is -2.45. The van der Waals surface area contributed by atoms with Crippen molar-refractivity contribution in [2.45, 2.75) is 18.9 Å². The molecule has 3 heterocycles. The van der Waals surface area contributed by atoms with Gasteiger partial charge in [0.05, 0.1) is 13.2 Å². The zero-order chi connectivity index (χ0) is 12.5. The predicted octanol–water partition coefficient (Wildman–Crippen LogP) is 2.54. The van der Waals surface area contributed by atoms with Crippen LogP contribution in [-0.2, 0) is 0 Å². The molecule has 0 saturated carbocycles. The second-order valence-corrected chi connectivity index (χ2v) is 5.11. The van der Waals surface area contributed by atoms with Gasteiger partial charge in [0.15, 0.2) is 0 Å². The first kappa shape index (κ1) is 14.2. The minimum absolute atomic E-state index is 0. The fourth-order valence-corrected chi connectivity index (χ4v) is 2.95. The Morgan fingerprint density at radius 3 is 2.37 bits per heavy atom. The molecule has 4 heteroatoms. The maximum absolute atomic E-state index is 10.3. The molecular formula is C15H20ClNO2. The van der Waals surface area contributed by atoms with Gasteiger partial charge in [-0.1, -0.05) is 12.1 Å². The van der Waals surface area contributed by atoms with Gasteiger partial charge in [-0.3, -0.25) is 0 Å². The molecule has 1 aromatic rings. The van der Waals surface area contributed by atoms with Crippen molar-refractivity contribution in [1.29, 1.82) is 0 Å². The first-order valence-corrected chi connectivity index (χ1v) is 6.56. The van der Waals surface area contributed by atoms with Crippen LogP contribution in [0, 0.1) is 5.92 Å². The van der Waals surface area contributed by atoms with E-state index in [0.717, 1.165) is 42.9 Å². The number of aliphatic hydroxyl groups excluding tert-OH is 1. The quantitative estimate of drug-likeness (QED) is 0.904. The summed E-state index contributed by atoms with van der Waals surface area (Å²) < 4.78 is 5.15. The molecule has 104 valence electrons. The molecule has 0 spiro atoms. The summed E-state index contributed by atoms with van der Waals surface area (Å²) in [5.74, 6) is 1.32. The summed E-state index contributed by atoms with van der Waals surface area (Å²) in [6, 6.07) is 7.97. The van der Waals surface area contributed by atoms with Crippen LogP contribution < -0.4 is 4.74 Å². The zero-order valence-electron chi connectivity index (χ0n) is 11.1. The summed E-state index contributed by atoms with van der Waals surface area (Å²) in [5.41, 5.74) is 2.21. The van der Waals surface area contributed by atoms with Crippen LogP contribution in [0.2, 0.25) is 0 Å². The third-order valence-corrected chi connectivity index (χ3v) is 4.08. The molecule has 3 nitrogen and oxygen atoms in total.